The molecule has 0 aliphatic carbocycles. The number of amides is 1. The number of aromatic nitrogens is 3. The number of carbonyl (C=O) groups excluding carboxylic acids is 1. The third-order valence-corrected chi connectivity index (χ3v) is 8.86. The minimum Gasteiger partial charge on any atom is -0.369 e. The van der Waals surface area contributed by atoms with Crippen molar-refractivity contribution in [3.63, 3.8) is 0 Å². The first kappa shape index (κ1) is 28.8. The molecule has 2 aliphatic rings. The summed E-state index contributed by atoms with van der Waals surface area (Å²) in [7, 11) is 2.15. The van der Waals surface area contributed by atoms with Crippen molar-refractivity contribution in [2.75, 3.05) is 56.5 Å². The molecule has 0 saturated carbocycles. The fourth-order valence-electron chi connectivity index (χ4n) is 6.43. The highest BCUT2D eigenvalue weighted by Crippen LogP contribution is 2.32. The topological polar surface area (TPSA) is 86.6 Å². The van der Waals surface area contributed by atoms with Crippen molar-refractivity contribution in [3.05, 3.63) is 76.0 Å². The second-order valence-corrected chi connectivity index (χ2v) is 11.8. The molecular formula is C33H38FN7O2. The van der Waals surface area contributed by atoms with Crippen LogP contribution in [0.25, 0.3) is 22.2 Å². The van der Waals surface area contributed by atoms with E-state index in [4.69, 9.17) is 4.98 Å². The standard InChI is InChI=1S/C33H38FN7O2/c1-21-18-24(11-12-29(21)39-16-14-38(4)15-17-39)36-33-35-19-27-22(2)30(26-9-5-6-10-28(26)34)32(43)41(31(27)37-33)25-8-7-13-40(20-25)23(3)42/h5-6,9-12,18-19,25H,7-8,13-17,20H2,1-4H3,(H,35,36,37). The minimum atomic E-state index is -0.461. The van der Waals surface area contributed by atoms with Gasteiger partial charge in [0.1, 0.15) is 11.5 Å². The molecular weight excluding hydrogens is 545 g/mol. The van der Waals surface area contributed by atoms with E-state index in [0.717, 1.165) is 43.9 Å². The number of piperidine rings is 1. The summed E-state index contributed by atoms with van der Waals surface area (Å²) in [4.78, 5) is 42.5. The van der Waals surface area contributed by atoms with E-state index in [1.165, 1.54) is 11.8 Å². The van der Waals surface area contributed by atoms with Gasteiger partial charge in [0.2, 0.25) is 11.9 Å². The predicted molar refractivity (Wildman–Crippen MR) is 169 cm³/mol. The summed E-state index contributed by atoms with van der Waals surface area (Å²) < 4.78 is 16.7. The van der Waals surface area contributed by atoms with Crippen LogP contribution < -0.4 is 15.8 Å². The van der Waals surface area contributed by atoms with Crippen LogP contribution in [0, 0.1) is 19.7 Å². The molecule has 1 atom stereocenters. The number of halogens is 1. The van der Waals surface area contributed by atoms with Gasteiger partial charge in [-0.2, -0.15) is 4.98 Å². The maximum absolute atomic E-state index is 15.0. The number of aryl methyl sites for hydroxylation is 2. The number of benzene rings is 2. The Balaban J connectivity index is 1.42. The zero-order chi connectivity index (χ0) is 30.2. The molecule has 2 fully saturated rings. The van der Waals surface area contributed by atoms with Crippen molar-refractivity contribution >= 4 is 34.3 Å². The molecule has 0 bridgehead atoms. The third kappa shape index (κ3) is 5.59. The molecule has 0 spiro atoms. The van der Waals surface area contributed by atoms with Gasteiger partial charge in [0.05, 0.1) is 11.6 Å². The number of likely N-dealkylation sites (tertiary alicyclic amines) is 1. The van der Waals surface area contributed by atoms with E-state index in [9.17, 15) is 9.59 Å². The Kier molecular flexibility index (Phi) is 7.87. The molecule has 2 aromatic heterocycles. The number of fused-ring (bicyclic) bond motifs is 1. The van der Waals surface area contributed by atoms with Crippen LogP contribution in [0.5, 0.6) is 0 Å². The average molecular weight is 584 g/mol. The van der Waals surface area contributed by atoms with E-state index in [1.807, 2.05) is 13.0 Å². The van der Waals surface area contributed by atoms with Gasteiger partial charge in [-0.1, -0.05) is 18.2 Å². The minimum absolute atomic E-state index is 0.0316. The second kappa shape index (κ2) is 11.8. The molecule has 4 heterocycles. The van der Waals surface area contributed by atoms with Crippen molar-refractivity contribution in [1.82, 2.24) is 24.3 Å². The van der Waals surface area contributed by atoms with Crippen LogP contribution in [0.4, 0.5) is 21.7 Å². The Morgan fingerprint density at radius 3 is 2.53 bits per heavy atom. The van der Waals surface area contributed by atoms with Gasteiger partial charge in [0.25, 0.3) is 5.56 Å². The van der Waals surface area contributed by atoms with Gasteiger partial charge in [-0.3, -0.25) is 14.2 Å². The number of hydrogen-bond donors (Lipinski definition) is 1. The van der Waals surface area contributed by atoms with Gasteiger partial charge in [-0.05, 0) is 69.1 Å². The molecule has 0 radical (unpaired) electrons. The smallest absolute Gasteiger partial charge is 0.260 e. The Hall–Kier alpha value is -4.31. The van der Waals surface area contributed by atoms with Crippen molar-refractivity contribution in [2.24, 2.45) is 0 Å². The van der Waals surface area contributed by atoms with Crippen LogP contribution in [-0.2, 0) is 4.79 Å². The van der Waals surface area contributed by atoms with Crippen molar-refractivity contribution < 1.29 is 9.18 Å². The van der Waals surface area contributed by atoms with E-state index in [2.05, 4.69) is 46.2 Å². The van der Waals surface area contributed by atoms with Gasteiger partial charge < -0.3 is 20.0 Å². The fourth-order valence-corrected chi connectivity index (χ4v) is 6.43. The highest BCUT2D eigenvalue weighted by atomic mass is 19.1. The quantitative estimate of drug-likeness (QED) is 0.358. The number of rotatable bonds is 5. The van der Waals surface area contributed by atoms with Crippen LogP contribution in [0.3, 0.4) is 0 Å². The number of anilines is 3. The summed E-state index contributed by atoms with van der Waals surface area (Å²) in [5, 5.41) is 4.01. The SMILES string of the molecule is CC(=O)N1CCCC(n2c(=O)c(-c3ccccc3F)c(C)c3cnc(Nc4ccc(N5CCN(C)CC5)c(C)c4)nc32)C1. The van der Waals surface area contributed by atoms with E-state index < -0.39 is 5.82 Å². The summed E-state index contributed by atoms with van der Waals surface area (Å²) in [6, 6.07) is 12.3. The maximum Gasteiger partial charge on any atom is 0.260 e. The molecule has 1 amide bonds. The maximum atomic E-state index is 15.0. The monoisotopic (exact) mass is 583 g/mol. The van der Waals surface area contributed by atoms with E-state index >= 15 is 4.39 Å². The van der Waals surface area contributed by atoms with Crippen LogP contribution in [0.15, 0.2) is 53.5 Å². The number of pyridine rings is 1. The first-order valence-corrected chi connectivity index (χ1v) is 14.9. The molecule has 1 unspecified atom stereocenters. The van der Waals surface area contributed by atoms with Crippen LogP contribution in [0.2, 0.25) is 0 Å². The van der Waals surface area contributed by atoms with E-state index in [-0.39, 0.29) is 23.1 Å². The molecule has 2 aromatic carbocycles. The van der Waals surface area contributed by atoms with Gasteiger partial charge >= 0.3 is 0 Å². The molecule has 10 heteroatoms. The van der Waals surface area contributed by atoms with Gasteiger partial charge in [0.15, 0.2) is 0 Å². The number of likely N-dealkylation sites (N-methyl/N-ethyl adjacent to an activating group) is 1. The molecule has 43 heavy (non-hydrogen) atoms. The Bertz CT molecular complexity index is 1750. The largest absolute Gasteiger partial charge is 0.369 e. The van der Waals surface area contributed by atoms with Gasteiger partial charge in [0, 0.05) is 74.7 Å². The lowest BCUT2D eigenvalue weighted by atomic mass is 9.97. The zero-order valence-electron chi connectivity index (χ0n) is 25.2. The lowest BCUT2D eigenvalue weighted by molar-refractivity contribution is -0.130. The number of nitrogens with zero attached hydrogens (tertiary/aromatic N) is 6. The lowest BCUT2D eigenvalue weighted by Crippen LogP contribution is -2.44. The molecule has 1 N–H and O–H groups in total. The van der Waals surface area contributed by atoms with Crippen LogP contribution in [-0.4, -0.2) is 76.6 Å². The number of nitrogens with one attached hydrogen (secondary N) is 1. The molecule has 4 aromatic rings. The molecule has 2 saturated heterocycles. The fraction of sp³-hybridized carbons (Fsp3) is 0.394. The Labute approximate surface area is 251 Å². The first-order valence-electron chi connectivity index (χ1n) is 14.9. The summed E-state index contributed by atoms with van der Waals surface area (Å²) >= 11 is 0. The van der Waals surface area contributed by atoms with Crippen molar-refractivity contribution in [2.45, 2.75) is 39.7 Å². The van der Waals surface area contributed by atoms with Gasteiger partial charge in [-0.25, -0.2) is 9.37 Å². The summed E-state index contributed by atoms with van der Waals surface area (Å²) in [5.41, 5.74) is 4.55. The normalized spacial score (nSPS) is 17.8. The molecule has 2 aliphatic heterocycles. The number of piperazine rings is 1. The first-order chi connectivity index (χ1) is 20.7. The second-order valence-electron chi connectivity index (χ2n) is 11.8. The van der Waals surface area contributed by atoms with Crippen LogP contribution in [0.1, 0.15) is 36.9 Å². The molecule has 9 nitrogen and oxygen atoms in total. The summed E-state index contributed by atoms with van der Waals surface area (Å²) in [6.45, 7) is 10.6. The van der Waals surface area contributed by atoms with E-state index in [1.54, 1.807) is 40.8 Å². The zero-order valence-corrected chi connectivity index (χ0v) is 25.2. The van der Waals surface area contributed by atoms with Gasteiger partial charge in [-0.15, -0.1) is 0 Å². The third-order valence-electron chi connectivity index (χ3n) is 8.86. The number of carbonyl (C=O) groups is 1. The summed E-state index contributed by atoms with van der Waals surface area (Å²) in [5.74, 6) is -0.127. The highest BCUT2D eigenvalue weighted by Gasteiger charge is 2.28. The summed E-state index contributed by atoms with van der Waals surface area (Å²) in [6.07, 6.45) is 3.17. The number of hydrogen-bond acceptors (Lipinski definition) is 7. The Morgan fingerprint density at radius 1 is 1.05 bits per heavy atom. The van der Waals surface area contributed by atoms with Crippen LogP contribution >= 0.6 is 0 Å². The highest BCUT2D eigenvalue weighted by molar-refractivity contribution is 5.87. The van der Waals surface area contributed by atoms with Crippen molar-refractivity contribution in [3.8, 4) is 11.1 Å². The van der Waals surface area contributed by atoms with E-state index in [0.29, 0.717) is 47.6 Å². The molecule has 6 rings (SSSR count). The molecule has 224 valence electrons. The Morgan fingerprint density at radius 2 is 1.81 bits per heavy atom. The average Bonchev–Trinajstić information content (AvgIpc) is 2.99. The van der Waals surface area contributed by atoms with Crippen molar-refractivity contribution in [1.29, 1.82) is 0 Å². The predicted octanol–water partition coefficient (Wildman–Crippen LogP) is 4.89. The lowest BCUT2D eigenvalue weighted by Gasteiger charge is -2.35.